The maximum absolute atomic E-state index is 8.56. The Kier molecular flexibility index (Phi) is 24.7. The summed E-state index contributed by atoms with van der Waals surface area (Å²) in [5.74, 6) is 0. The van der Waals surface area contributed by atoms with E-state index < -0.39 is 6.16 Å². The molecule has 0 bridgehead atoms. The fourth-order valence-corrected chi connectivity index (χ4v) is 0. The van der Waals surface area contributed by atoms with Gasteiger partial charge in [-0.15, -0.1) is 0 Å². The summed E-state index contributed by atoms with van der Waals surface area (Å²) in [4.78, 5) is 8.56. The van der Waals surface area contributed by atoms with Crippen LogP contribution in [-0.2, 0) is 27.3 Å². The van der Waals surface area contributed by atoms with Gasteiger partial charge in [-0.2, -0.15) is 0 Å². The van der Waals surface area contributed by atoms with Gasteiger partial charge in [-0.1, -0.05) is 0 Å². The van der Waals surface area contributed by atoms with Gasteiger partial charge in [0, 0.05) is 27.3 Å². The van der Waals surface area contributed by atoms with Crippen LogP contribution in [0.3, 0.4) is 0 Å². The van der Waals surface area contributed by atoms with Gasteiger partial charge in [0.15, 0.2) is 0 Å². The summed E-state index contributed by atoms with van der Waals surface area (Å²) in [6.45, 7) is 0. The van der Waals surface area contributed by atoms with Crippen LogP contribution in [0.15, 0.2) is 0 Å². The molecular weight excluding hydrogens is 380 g/mol. The fourth-order valence-electron chi connectivity index (χ4n) is 0. The molecule has 0 heterocycles. The van der Waals surface area contributed by atoms with Crippen LogP contribution in [0.25, 0.3) is 0 Å². The molecule has 0 spiro atoms. The van der Waals surface area contributed by atoms with Crippen molar-refractivity contribution < 1.29 is 42.3 Å². The van der Waals surface area contributed by atoms with Crippen LogP contribution in [-0.4, -0.2) is 43.7 Å². The van der Waals surface area contributed by atoms with Crippen LogP contribution in [0.4, 0.5) is 4.79 Å². The molecule has 32 valence electrons. The first-order valence-corrected chi connectivity index (χ1v) is 0.651. The van der Waals surface area contributed by atoms with Crippen molar-refractivity contribution in [1.29, 1.82) is 0 Å². The van der Waals surface area contributed by atoms with Gasteiger partial charge in [0.1, 0.15) is 0 Å². The first-order valence-electron chi connectivity index (χ1n) is 0.651. The van der Waals surface area contributed by atoms with Crippen molar-refractivity contribution in [3.63, 3.8) is 0 Å². The Labute approximate surface area is 75.1 Å². The van der Waals surface area contributed by atoms with E-state index in [0.29, 0.717) is 0 Å². The summed E-state index contributed by atoms with van der Waals surface area (Å²) >= 11 is 0. The summed E-state index contributed by atoms with van der Waals surface area (Å²) in [7, 11) is 0. The molecule has 0 unspecified atom stereocenters. The van der Waals surface area contributed by atoms with Crippen LogP contribution in [0.2, 0.25) is 0 Å². The molecule has 0 aliphatic rings. The molecule has 2 N–H and O–H groups in total. The zero-order chi connectivity index (χ0) is 3.58. The number of hydrogen-bond acceptors (Lipinski definition) is 1. The standard InChI is InChI=1S/CH2O3.Cd.Pb.2H/c2-1(3)4;;;;/h(H2,2,3,4);;;;. The van der Waals surface area contributed by atoms with Gasteiger partial charge >= 0.3 is 33.5 Å². The minimum absolute atomic E-state index is 0. The second-order valence-electron chi connectivity index (χ2n) is 0.283. The molecule has 0 saturated carbocycles. The first kappa shape index (κ1) is 15.7. The summed E-state index contributed by atoms with van der Waals surface area (Å²) in [6.07, 6.45) is -1.83. The molecule has 0 aliphatic heterocycles. The molecule has 0 amide bonds. The Morgan fingerprint density at radius 2 is 1.33 bits per heavy atom. The van der Waals surface area contributed by atoms with Crippen molar-refractivity contribution in [1.82, 2.24) is 0 Å². The van der Waals surface area contributed by atoms with E-state index in [1.54, 1.807) is 0 Å². The zero-order valence-electron chi connectivity index (χ0n) is 3.22. The van der Waals surface area contributed by atoms with Crippen molar-refractivity contribution in [2.24, 2.45) is 0 Å². The maximum atomic E-state index is 8.56. The quantitative estimate of drug-likeness (QED) is 0.544. The number of hydrogen-bond donors (Lipinski definition) is 2. The predicted molar refractivity (Wildman–Crippen MR) is 19.2 cm³/mol. The third-order valence-corrected chi connectivity index (χ3v) is 0. The molecule has 0 rings (SSSR count). The van der Waals surface area contributed by atoms with E-state index in [0.717, 1.165) is 0 Å². The van der Waals surface area contributed by atoms with Crippen LogP contribution in [0.5, 0.6) is 0 Å². The van der Waals surface area contributed by atoms with E-state index in [9.17, 15) is 0 Å². The molecule has 3 nitrogen and oxygen atoms in total. The van der Waals surface area contributed by atoms with Gasteiger partial charge in [0.25, 0.3) is 0 Å². The van der Waals surface area contributed by atoms with Crippen LogP contribution >= 0.6 is 0 Å². The molecule has 5 heteroatoms. The van der Waals surface area contributed by atoms with E-state index in [-0.39, 0.29) is 54.6 Å². The SMILES string of the molecule is O=C(O)O.[Cd].[PbH2]. The molecule has 0 aromatic rings. The number of carboxylic acid groups (broad SMARTS) is 2. The molecule has 6 heavy (non-hydrogen) atoms. The van der Waals surface area contributed by atoms with Gasteiger partial charge in [-0.3, -0.25) is 0 Å². The Bertz CT molecular complexity index is 33.8. The Hall–Kier alpha value is 1.11. The zero-order valence-corrected chi connectivity index (χ0v) is 12.8. The Balaban J connectivity index is -0.0000000450. The second-order valence-corrected chi connectivity index (χ2v) is 0.283. The van der Waals surface area contributed by atoms with E-state index in [1.807, 2.05) is 0 Å². The Morgan fingerprint density at radius 3 is 1.33 bits per heavy atom. The average Bonchev–Trinajstić information content (AvgIpc) is 0.811. The molecule has 0 aliphatic carbocycles. The number of carbonyl (C=O) groups is 1. The van der Waals surface area contributed by atoms with E-state index in [1.165, 1.54) is 0 Å². The van der Waals surface area contributed by atoms with Crippen LogP contribution in [0, 0.1) is 0 Å². The van der Waals surface area contributed by atoms with Gasteiger partial charge in [0.2, 0.25) is 0 Å². The normalized spacial score (nSPS) is 4.00. The third kappa shape index (κ3) is 69.7. The van der Waals surface area contributed by atoms with Gasteiger partial charge < -0.3 is 10.2 Å². The van der Waals surface area contributed by atoms with Crippen molar-refractivity contribution >= 4 is 33.5 Å². The topological polar surface area (TPSA) is 57.5 Å². The van der Waals surface area contributed by atoms with E-state index in [2.05, 4.69) is 0 Å². The summed E-state index contributed by atoms with van der Waals surface area (Å²) in [5, 5.41) is 13.9. The monoisotopic (exact) mass is 386 g/mol. The number of rotatable bonds is 0. The predicted octanol–water partition coefficient (Wildman–Crippen LogP) is -0.696. The van der Waals surface area contributed by atoms with E-state index in [4.69, 9.17) is 15.0 Å². The third-order valence-electron chi connectivity index (χ3n) is 0. The Morgan fingerprint density at radius 1 is 1.33 bits per heavy atom. The fraction of sp³-hybridized carbons (Fsp3) is 0. The minimum atomic E-state index is -1.83. The van der Waals surface area contributed by atoms with Crippen LogP contribution < -0.4 is 0 Å². The van der Waals surface area contributed by atoms with Crippen molar-refractivity contribution in [2.75, 3.05) is 0 Å². The molecule has 0 aromatic carbocycles. The van der Waals surface area contributed by atoms with E-state index >= 15 is 0 Å². The average molecular weight is 384 g/mol. The molecular formula is CH4CdO3Pb. The molecule has 2 radical (unpaired) electrons. The second kappa shape index (κ2) is 9.45. The molecule has 0 atom stereocenters. The summed E-state index contributed by atoms with van der Waals surface area (Å²) in [6, 6.07) is 0. The van der Waals surface area contributed by atoms with Crippen molar-refractivity contribution in [2.45, 2.75) is 0 Å². The molecule has 0 fully saturated rings. The molecule has 0 aromatic heterocycles. The van der Waals surface area contributed by atoms with Gasteiger partial charge in [-0.25, -0.2) is 4.79 Å². The van der Waals surface area contributed by atoms with Crippen molar-refractivity contribution in [3.05, 3.63) is 0 Å². The summed E-state index contributed by atoms with van der Waals surface area (Å²) in [5.41, 5.74) is 0. The first-order chi connectivity index (χ1) is 1.73. The van der Waals surface area contributed by atoms with Crippen LogP contribution in [0.1, 0.15) is 0 Å². The molecule has 0 saturated heterocycles. The van der Waals surface area contributed by atoms with Crippen molar-refractivity contribution in [3.8, 4) is 0 Å². The summed E-state index contributed by atoms with van der Waals surface area (Å²) < 4.78 is 0. The van der Waals surface area contributed by atoms with Gasteiger partial charge in [-0.05, 0) is 0 Å². The van der Waals surface area contributed by atoms with Gasteiger partial charge in [0.05, 0.1) is 0 Å².